The van der Waals surface area contributed by atoms with E-state index < -0.39 is 23.5 Å². The van der Waals surface area contributed by atoms with Crippen LogP contribution in [0, 0.1) is 12.7 Å². The van der Waals surface area contributed by atoms with Crippen molar-refractivity contribution in [3.05, 3.63) is 94.8 Å². The van der Waals surface area contributed by atoms with E-state index in [0.29, 0.717) is 34.9 Å². The Bertz CT molecular complexity index is 1270. The minimum Gasteiger partial charge on any atom is -0.507 e. The van der Waals surface area contributed by atoms with E-state index in [-0.39, 0.29) is 11.3 Å². The van der Waals surface area contributed by atoms with Gasteiger partial charge in [0, 0.05) is 11.3 Å². The summed E-state index contributed by atoms with van der Waals surface area (Å²) in [6, 6.07) is 16.3. The third-order valence-corrected chi connectivity index (χ3v) is 5.73. The molecule has 0 bridgehead atoms. The molecule has 0 aromatic heterocycles. The molecule has 3 aromatic carbocycles. The molecule has 0 radical (unpaired) electrons. The molecule has 1 atom stereocenters. The zero-order valence-electron chi connectivity index (χ0n) is 19.0. The van der Waals surface area contributed by atoms with Crippen LogP contribution in [0.15, 0.2) is 72.3 Å². The number of methoxy groups -OCH3 is 1. The average molecular weight is 461 g/mol. The van der Waals surface area contributed by atoms with E-state index in [4.69, 9.17) is 9.47 Å². The molecule has 1 amide bonds. The second-order valence-electron chi connectivity index (χ2n) is 7.83. The van der Waals surface area contributed by atoms with Gasteiger partial charge in [0.2, 0.25) is 0 Å². The molecule has 4 rings (SSSR count). The SMILES string of the molecule is CCOc1ccc(/C(O)=C2/C(=O)C(=O)N(c3ccc(OC)cc3)C2c2ccc(F)cc2)cc1C. The lowest BCUT2D eigenvalue weighted by Crippen LogP contribution is -2.29. The molecule has 1 fully saturated rings. The highest BCUT2D eigenvalue weighted by Gasteiger charge is 2.47. The zero-order chi connectivity index (χ0) is 24.4. The largest absolute Gasteiger partial charge is 0.507 e. The molecule has 1 N–H and O–H groups in total. The van der Waals surface area contributed by atoms with Crippen LogP contribution in [0.1, 0.15) is 29.7 Å². The molecule has 34 heavy (non-hydrogen) atoms. The van der Waals surface area contributed by atoms with Gasteiger partial charge in [0.25, 0.3) is 11.7 Å². The summed E-state index contributed by atoms with van der Waals surface area (Å²) < 4.78 is 24.4. The van der Waals surface area contributed by atoms with Gasteiger partial charge in [0.05, 0.1) is 25.3 Å². The first-order valence-corrected chi connectivity index (χ1v) is 10.8. The van der Waals surface area contributed by atoms with Gasteiger partial charge in [0.1, 0.15) is 23.1 Å². The summed E-state index contributed by atoms with van der Waals surface area (Å²) in [6.45, 7) is 4.19. The molecule has 0 saturated carbocycles. The van der Waals surface area contributed by atoms with Crippen LogP contribution >= 0.6 is 0 Å². The van der Waals surface area contributed by atoms with E-state index in [1.54, 1.807) is 42.5 Å². The van der Waals surface area contributed by atoms with Crippen LogP contribution in [-0.4, -0.2) is 30.5 Å². The Kier molecular flexibility index (Phi) is 6.36. The number of halogens is 1. The van der Waals surface area contributed by atoms with E-state index in [1.165, 1.54) is 36.3 Å². The van der Waals surface area contributed by atoms with Gasteiger partial charge in [-0.15, -0.1) is 0 Å². The number of ketones is 1. The molecule has 1 saturated heterocycles. The van der Waals surface area contributed by atoms with E-state index in [1.807, 2.05) is 13.8 Å². The summed E-state index contributed by atoms with van der Waals surface area (Å²) in [6.07, 6.45) is 0. The van der Waals surface area contributed by atoms with Crippen molar-refractivity contribution < 1.29 is 28.6 Å². The first-order valence-electron chi connectivity index (χ1n) is 10.8. The van der Waals surface area contributed by atoms with E-state index in [0.717, 1.165) is 5.56 Å². The monoisotopic (exact) mass is 461 g/mol. The number of carbonyl (C=O) groups is 2. The lowest BCUT2D eigenvalue weighted by Gasteiger charge is -2.25. The molecule has 1 aliphatic rings. The summed E-state index contributed by atoms with van der Waals surface area (Å²) in [5, 5.41) is 11.2. The van der Waals surface area contributed by atoms with Crippen molar-refractivity contribution in [2.45, 2.75) is 19.9 Å². The maximum atomic E-state index is 13.7. The quantitative estimate of drug-likeness (QED) is 0.312. The van der Waals surface area contributed by atoms with Gasteiger partial charge >= 0.3 is 0 Å². The number of nitrogens with zero attached hydrogens (tertiary/aromatic N) is 1. The number of Topliss-reactive ketones (excluding diaryl/α,β-unsaturated/α-hetero) is 1. The molecular formula is C27H24FNO5. The molecule has 6 nitrogen and oxygen atoms in total. The van der Waals surface area contributed by atoms with E-state index in [9.17, 15) is 19.1 Å². The van der Waals surface area contributed by atoms with E-state index in [2.05, 4.69) is 0 Å². The Balaban J connectivity index is 1.89. The third-order valence-electron chi connectivity index (χ3n) is 5.73. The van der Waals surface area contributed by atoms with Crippen LogP contribution in [0.5, 0.6) is 11.5 Å². The predicted molar refractivity (Wildman–Crippen MR) is 127 cm³/mol. The molecule has 0 spiro atoms. The molecular weight excluding hydrogens is 437 g/mol. The minimum absolute atomic E-state index is 0.0732. The van der Waals surface area contributed by atoms with Crippen LogP contribution in [-0.2, 0) is 9.59 Å². The first kappa shape index (κ1) is 23.0. The van der Waals surface area contributed by atoms with Crippen molar-refractivity contribution >= 4 is 23.1 Å². The average Bonchev–Trinajstić information content (AvgIpc) is 3.11. The smallest absolute Gasteiger partial charge is 0.300 e. The van der Waals surface area contributed by atoms with Crippen LogP contribution in [0.2, 0.25) is 0 Å². The van der Waals surface area contributed by atoms with Crippen molar-refractivity contribution in [1.29, 1.82) is 0 Å². The van der Waals surface area contributed by atoms with Crippen molar-refractivity contribution in [2.24, 2.45) is 0 Å². The van der Waals surface area contributed by atoms with E-state index >= 15 is 0 Å². The maximum absolute atomic E-state index is 13.7. The minimum atomic E-state index is -0.944. The number of anilines is 1. The highest BCUT2D eigenvalue weighted by Crippen LogP contribution is 2.42. The fourth-order valence-electron chi connectivity index (χ4n) is 4.07. The second kappa shape index (κ2) is 9.39. The Morgan fingerprint density at radius 1 is 1.03 bits per heavy atom. The molecule has 174 valence electrons. The van der Waals surface area contributed by atoms with Crippen molar-refractivity contribution in [1.82, 2.24) is 0 Å². The zero-order valence-corrected chi connectivity index (χ0v) is 19.0. The van der Waals surface area contributed by atoms with Gasteiger partial charge in [0.15, 0.2) is 0 Å². The number of amides is 1. The van der Waals surface area contributed by atoms with Crippen LogP contribution in [0.25, 0.3) is 5.76 Å². The van der Waals surface area contributed by atoms with Crippen LogP contribution in [0.4, 0.5) is 10.1 Å². The lowest BCUT2D eigenvalue weighted by molar-refractivity contribution is -0.132. The Morgan fingerprint density at radius 2 is 1.71 bits per heavy atom. The number of aliphatic hydroxyl groups excluding tert-OH is 1. The van der Waals surface area contributed by atoms with Gasteiger partial charge in [-0.2, -0.15) is 0 Å². The predicted octanol–water partition coefficient (Wildman–Crippen LogP) is 5.17. The number of carbonyl (C=O) groups excluding carboxylic acids is 2. The molecule has 1 heterocycles. The van der Waals surface area contributed by atoms with Crippen molar-refractivity contribution in [3.8, 4) is 11.5 Å². The highest BCUT2D eigenvalue weighted by molar-refractivity contribution is 6.51. The molecule has 1 aliphatic heterocycles. The number of aliphatic hydroxyl groups is 1. The molecule has 0 aliphatic carbocycles. The first-order chi connectivity index (χ1) is 16.3. The van der Waals surface area contributed by atoms with Crippen LogP contribution < -0.4 is 14.4 Å². The number of hydrogen-bond donors (Lipinski definition) is 1. The summed E-state index contributed by atoms with van der Waals surface area (Å²) in [5.41, 5.74) is 2.00. The number of rotatable bonds is 6. The molecule has 7 heteroatoms. The number of ether oxygens (including phenoxy) is 2. The van der Waals surface area contributed by atoms with Gasteiger partial charge in [-0.25, -0.2) is 4.39 Å². The summed E-state index contributed by atoms with van der Waals surface area (Å²) in [4.78, 5) is 27.7. The summed E-state index contributed by atoms with van der Waals surface area (Å²) in [5.74, 6) is -1.13. The number of benzene rings is 3. The summed E-state index contributed by atoms with van der Waals surface area (Å²) in [7, 11) is 1.53. The highest BCUT2D eigenvalue weighted by atomic mass is 19.1. The number of aryl methyl sites for hydroxylation is 1. The fourth-order valence-corrected chi connectivity index (χ4v) is 4.07. The Labute approximate surface area is 196 Å². The van der Waals surface area contributed by atoms with Gasteiger partial charge < -0.3 is 14.6 Å². The van der Waals surface area contributed by atoms with Gasteiger partial charge in [-0.1, -0.05) is 12.1 Å². The molecule has 1 unspecified atom stereocenters. The third kappa shape index (κ3) is 4.12. The molecule has 3 aromatic rings. The number of hydrogen-bond acceptors (Lipinski definition) is 5. The van der Waals surface area contributed by atoms with Crippen LogP contribution in [0.3, 0.4) is 0 Å². The van der Waals surface area contributed by atoms with Gasteiger partial charge in [-0.05, 0) is 79.6 Å². The summed E-state index contributed by atoms with van der Waals surface area (Å²) >= 11 is 0. The maximum Gasteiger partial charge on any atom is 0.300 e. The second-order valence-corrected chi connectivity index (χ2v) is 7.83. The van der Waals surface area contributed by atoms with Crippen molar-refractivity contribution in [3.63, 3.8) is 0 Å². The topological polar surface area (TPSA) is 76.1 Å². The van der Waals surface area contributed by atoms with Crippen molar-refractivity contribution in [2.75, 3.05) is 18.6 Å². The fraction of sp³-hybridized carbons (Fsp3) is 0.185. The van der Waals surface area contributed by atoms with Gasteiger partial charge in [-0.3, -0.25) is 14.5 Å². The Morgan fingerprint density at radius 3 is 2.29 bits per heavy atom. The standard InChI is InChI=1S/C27H24FNO5/c1-4-34-22-14-7-18(15-16(22)2)25(30)23-24(17-5-8-19(28)9-6-17)29(27(32)26(23)31)20-10-12-21(33-3)13-11-20/h5-15,24,30H,4H2,1-3H3/b25-23-. The normalized spacial score (nSPS) is 17.2. The lowest BCUT2D eigenvalue weighted by atomic mass is 9.94. The Hall–Kier alpha value is -4.13.